The number of H-pyrrole nitrogens is 1. The van der Waals surface area contributed by atoms with Gasteiger partial charge in [0.05, 0.1) is 12.0 Å². The van der Waals surface area contributed by atoms with E-state index in [0.29, 0.717) is 0 Å². The molecule has 0 unspecified atom stereocenters. The van der Waals surface area contributed by atoms with Gasteiger partial charge in [-0.1, -0.05) is 0 Å². The summed E-state index contributed by atoms with van der Waals surface area (Å²) >= 11 is 0. The van der Waals surface area contributed by atoms with Crippen molar-refractivity contribution >= 4 is 0 Å². The Bertz CT molecular complexity index is 393. The fourth-order valence-electron chi connectivity index (χ4n) is 1.53. The van der Waals surface area contributed by atoms with Crippen molar-refractivity contribution < 1.29 is 0 Å². The van der Waals surface area contributed by atoms with Crippen LogP contribution in [0.3, 0.4) is 0 Å². The number of aromatic nitrogens is 2. The molecule has 76 valence electrons. The van der Waals surface area contributed by atoms with Gasteiger partial charge in [-0.2, -0.15) is 0 Å². The van der Waals surface area contributed by atoms with Gasteiger partial charge in [0.25, 0.3) is 5.56 Å². The van der Waals surface area contributed by atoms with Gasteiger partial charge in [0, 0.05) is 11.1 Å². The van der Waals surface area contributed by atoms with Crippen LogP contribution in [0.1, 0.15) is 30.5 Å². The maximum Gasteiger partial charge on any atom is 0.253 e. The quantitative estimate of drug-likeness (QED) is 0.734. The predicted molar refractivity (Wildman–Crippen MR) is 54.1 cm³/mol. The van der Waals surface area contributed by atoms with Crippen molar-refractivity contribution in [3.63, 3.8) is 0 Å². The summed E-state index contributed by atoms with van der Waals surface area (Å²) in [5, 5.41) is 0. The van der Waals surface area contributed by atoms with Gasteiger partial charge in [0.15, 0.2) is 0 Å². The van der Waals surface area contributed by atoms with Gasteiger partial charge in [0.1, 0.15) is 0 Å². The van der Waals surface area contributed by atoms with Crippen LogP contribution in [-0.2, 0) is 6.42 Å². The summed E-state index contributed by atoms with van der Waals surface area (Å²) in [6.45, 7) is 1.80. The molecule has 4 nitrogen and oxygen atoms in total. The SMILES string of the molecule is Cc1c(CCC2(N)CC2)nc[nH]c1=O. The van der Waals surface area contributed by atoms with Crippen LogP contribution in [0.25, 0.3) is 0 Å². The Morgan fingerprint density at radius 1 is 1.64 bits per heavy atom. The summed E-state index contributed by atoms with van der Waals surface area (Å²) in [6, 6.07) is 0. The second kappa shape index (κ2) is 3.20. The van der Waals surface area contributed by atoms with Crippen LogP contribution in [-0.4, -0.2) is 15.5 Å². The second-order valence-electron chi connectivity index (χ2n) is 4.17. The third-order valence-electron chi connectivity index (χ3n) is 2.94. The van der Waals surface area contributed by atoms with Crippen LogP contribution in [0, 0.1) is 6.92 Å². The van der Waals surface area contributed by atoms with Crippen LogP contribution in [0.15, 0.2) is 11.1 Å². The highest BCUT2D eigenvalue weighted by molar-refractivity contribution is 5.15. The molecule has 3 N–H and O–H groups in total. The second-order valence-corrected chi connectivity index (χ2v) is 4.17. The number of nitrogens with one attached hydrogen (secondary N) is 1. The van der Waals surface area contributed by atoms with Crippen molar-refractivity contribution in [2.75, 3.05) is 0 Å². The number of nitrogens with two attached hydrogens (primary N) is 1. The van der Waals surface area contributed by atoms with E-state index in [2.05, 4.69) is 9.97 Å². The number of hydrogen-bond acceptors (Lipinski definition) is 3. The van der Waals surface area contributed by atoms with Gasteiger partial charge in [0.2, 0.25) is 0 Å². The van der Waals surface area contributed by atoms with Gasteiger partial charge in [-0.25, -0.2) is 4.98 Å². The van der Waals surface area contributed by atoms with E-state index in [0.717, 1.165) is 36.9 Å². The highest BCUT2D eigenvalue weighted by atomic mass is 16.1. The first-order valence-corrected chi connectivity index (χ1v) is 4.93. The highest BCUT2D eigenvalue weighted by Gasteiger charge is 2.37. The maximum atomic E-state index is 11.3. The zero-order valence-electron chi connectivity index (χ0n) is 8.34. The van der Waals surface area contributed by atoms with Crippen LogP contribution in [0.2, 0.25) is 0 Å². The van der Waals surface area contributed by atoms with Crippen molar-refractivity contribution in [1.82, 2.24) is 9.97 Å². The molecular formula is C10H15N3O. The van der Waals surface area contributed by atoms with E-state index in [1.165, 1.54) is 6.33 Å². The molecule has 2 rings (SSSR count). The molecule has 0 aromatic carbocycles. The minimum Gasteiger partial charge on any atom is -0.325 e. The van der Waals surface area contributed by atoms with Gasteiger partial charge < -0.3 is 10.7 Å². The molecule has 1 aliphatic carbocycles. The minimum absolute atomic E-state index is 0.0384. The molecule has 1 aromatic heterocycles. The Morgan fingerprint density at radius 2 is 2.36 bits per heavy atom. The summed E-state index contributed by atoms with van der Waals surface area (Å²) in [7, 11) is 0. The summed E-state index contributed by atoms with van der Waals surface area (Å²) in [5.41, 5.74) is 7.56. The number of rotatable bonds is 3. The molecule has 0 saturated heterocycles. The number of nitrogens with zero attached hydrogens (tertiary/aromatic N) is 1. The van der Waals surface area contributed by atoms with Crippen molar-refractivity contribution in [2.45, 2.75) is 38.1 Å². The zero-order chi connectivity index (χ0) is 10.2. The number of aromatic amines is 1. The summed E-state index contributed by atoms with van der Waals surface area (Å²) < 4.78 is 0. The van der Waals surface area contributed by atoms with E-state index in [1.807, 2.05) is 0 Å². The molecule has 14 heavy (non-hydrogen) atoms. The molecule has 0 amide bonds. The largest absolute Gasteiger partial charge is 0.325 e. The number of aryl methyl sites for hydroxylation is 1. The smallest absolute Gasteiger partial charge is 0.253 e. The predicted octanol–water partition coefficient (Wildman–Crippen LogP) is 0.502. The molecule has 0 aliphatic heterocycles. The molecule has 1 fully saturated rings. The third-order valence-corrected chi connectivity index (χ3v) is 2.94. The Labute approximate surface area is 82.6 Å². The molecule has 0 spiro atoms. The first-order valence-electron chi connectivity index (χ1n) is 4.93. The molecule has 1 aliphatic rings. The summed E-state index contributed by atoms with van der Waals surface area (Å²) in [4.78, 5) is 18.0. The van der Waals surface area contributed by atoms with Gasteiger partial charge in [-0.05, 0) is 32.6 Å². The lowest BCUT2D eigenvalue weighted by Crippen LogP contribution is -2.23. The van der Waals surface area contributed by atoms with Gasteiger partial charge in [-0.15, -0.1) is 0 Å². The number of hydrogen-bond donors (Lipinski definition) is 2. The first kappa shape index (κ1) is 9.40. The van der Waals surface area contributed by atoms with E-state index >= 15 is 0 Å². The van der Waals surface area contributed by atoms with E-state index in [1.54, 1.807) is 6.92 Å². The Kier molecular flexibility index (Phi) is 2.15. The van der Waals surface area contributed by atoms with E-state index in [-0.39, 0.29) is 11.1 Å². The van der Waals surface area contributed by atoms with Crippen molar-refractivity contribution in [3.8, 4) is 0 Å². The highest BCUT2D eigenvalue weighted by Crippen LogP contribution is 2.36. The molecule has 1 aromatic rings. The Balaban J connectivity index is 2.09. The van der Waals surface area contributed by atoms with Crippen molar-refractivity contribution in [3.05, 3.63) is 27.9 Å². The van der Waals surface area contributed by atoms with Crippen molar-refractivity contribution in [1.29, 1.82) is 0 Å². The Hall–Kier alpha value is -1.16. The van der Waals surface area contributed by atoms with E-state index in [9.17, 15) is 4.79 Å². The average Bonchev–Trinajstić information content (AvgIpc) is 2.88. The zero-order valence-corrected chi connectivity index (χ0v) is 8.34. The lowest BCUT2D eigenvalue weighted by molar-refractivity contribution is 0.600. The van der Waals surface area contributed by atoms with Crippen LogP contribution in [0.4, 0.5) is 0 Å². The molecule has 1 saturated carbocycles. The molecule has 4 heteroatoms. The molecule has 0 bridgehead atoms. The van der Waals surface area contributed by atoms with E-state index < -0.39 is 0 Å². The monoisotopic (exact) mass is 193 g/mol. The van der Waals surface area contributed by atoms with Gasteiger partial charge >= 0.3 is 0 Å². The summed E-state index contributed by atoms with van der Waals surface area (Å²) in [5.74, 6) is 0. The normalized spacial score (nSPS) is 18.1. The van der Waals surface area contributed by atoms with Gasteiger partial charge in [-0.3, -0.25) is 4.79 Å². The standard InChI is InChI=1S/C10H15N3O/c1-7-8(12-6-13-9(7)14)2-3-10(11)4-5-10/h6H,2-5,11H2,1H3,(H,12,13,14). The average molecular weight is 193 g/mol. The maximum absolute atomic E-state index is 11.3. The molecule has 0 radical (unpaired) electrons. The fraction of sp³-hybridized carbons (Fsp3) is 0.600. The lowest BCUT2D eigenvalue weighted by Gasteiger charge is -2.08. The van der Waals surface area contributed by atoms with Crippen LogP contribution >= 0.6 is 0 Å². The van der Waals surface area contributed by atoms with Crippen molar-refractivity contribution in [2.24, 2.45) is 5.73 Å². The van der Waals surface area contributed by atoms with Crippen LogP contribution in [0.5, 0.6) is 0 Å². The Morgan fingerprint density at radius 3 is 3.00 bits per heavy atom. The lowest BCUT2D eigenvalue weighted by atomic mass is 10.1. The first-order chi connectivity index (χ1) is 6.61. The molecule has 1 heterocycles. The van der Waals surface area contributed by atoms with E-state index in [4.69, 9.17) is 5.73 Å². The minimum atomic E-state index is -0.0446. The summed E-state index contributed by atoms with van der Waals surface area (Å²) in [6.07, 6.45) is 5.42. The molecule has 0 atom stereocenters. The third kappa shape index (κ3) is 1.85. The molecular weight excluding hydrogens is 178 g/mol. The topological polar surface area (TPSA) is 71.8 Å². The van der Waals surface area contributed by atoms with Crippen LogP contribution < -0.4 is 11.3 Å². The fourth-order valence-corrected chi connectivity index (χ4v) is 1.53.